The molecule has 0 spiro atoms. The SMILES string of the molecule is CCCOc1ccc(C(C)C)cc1C(=O)CSCC. The molecular formula is C16H24O2S. The zero-order chi connectivity index (χ0) is 14.3. The molecule has 3 heteroatoms. The Morgan fingerprint density at radius 3 is 2.63 bits per heavy atom. The summed E-state index contributed by atoms with van der Waals surface area (Å²) in [7, 11) is 0. The smallest absolute Gasteiger partial charge is 0.176 e. The van der Waals surface area contributed by atoms with Crippen molar-refractivity contribution >= 4 is 17.5 Å². The number of ether oxygens (including phenoxy) is 1. The van der Waals surface area contributed by atoms with Crippen molar-refractivity contribution in [1.29, 1.82) is 0 Å². The van der Waals surface area contributed by atoms with Crippen molar-refractivity contribution in [2.75, 3.05) is 18.1 Å². The molecule has 0 heterocycles. The number of ketones is 1. The lowest BCUT2D eigenvalue weighted by Crippen LogP contribution is -2.08. The number of hydrogen-bond donors (Lipinski definition) is 0. The molecule has 0 aliphatic rings. The summed E-state index contributed by atoms with van der Waals surface area (Å²) in [5.74, 6) is 2.81. The molecule has 1 aromatic carbocycles. The lowest BCUT2D eigenvalue weighted by molar-refractivity contribution is 0.101. The predicted molar refractivity (Wildman–Crippen MR) is 83.6 cm³/mol. The molecule has 0 aliphatic heterocycles. The first kappa shape index (κ1) is 16.1. The lowest BCUT2D eigenvalue weighted by atomic mass is 9.99. The van der Waals surface area contributed by atoms with Crippen LogP contribution in [-0.2, 0) is 0 Å². The molecule has 0 radical (unpaired) electrons. The Morgan fingerprint density at radius 1 is 1.32 bits per heavy atom. The first-order valence-corrected chi connectivity index (χ1v) is 8.13. The molecule has 0 aliphatic carbocycles. The summed E-state index contributed by atoms with van der Waals surface area (Å²) < 4.78 is 5.69. The molecule has 0 bridgehead atoms. The number of thioether (sulfide) groups is 1. The maximum Gasteiger partial charge on any atom is 0.176 e. The van der Waals surface area contributed by atoms with Gasteiger partial charge in [0, 0.05) is 0 Å². The Morgan fingerprint density at radius 2 is 2.05 bits per heavy atom. The maximum atomic E-state index is 12.3. The third kappa shape index (κ3) is 4.90. The van der Waals surface area contributed by atoms with Gasteiger partial charge in [-0.1, -0.05) is 33.8 Å². The molecule has 0 amide bonds. The average Bonchev–Trinajstić information content (AvgIpc) is 2.42. The van der Waals surface area contributed by atoms with E-state index in [2.05, 4.69) is 33.8 Å². The summed E-state index contributed by atoms with van der Waals surface area (Å²) >= 11 is 1.65. The number of hydrogen-bond acceptors (Lipinski definition) is 3. The summed E-state index contributed by atoms with van der Waals surface area (Å²) in [6, 6.07) is 5.99. The quantitative estimate of drug-likeness (QED) is 0.654. The van der Waals surface area contributed by atoms with E-state index in [-0.39, 0.29) is 5.78 Å². The van der Waals surface area contributed by atoms with E-state index in [4.69, 9.17) is 4.74 Å². The molecule has 1 aromatic rings. The third-order valence-corrected chi connectivity index (χ3v) is 3.74. The van der Waals surface area contributed by atoms with Crippen LogP contribution in [0.25, 0.3) is 0 Å². The molecule has 1 rings (SSSR count). The van der Waals surface area contributed by atoms with Crippen LogP contribution in [0.15, 0.2) is 18.2 Å². The summed E-state index contributed by atoms with van der Waals surface area (Å²) in [6.45, 7) is 9.06. The summed E-state index contributed by atoms with van der Waals surface area (Å²) in [4.78, 5) is 12.3. The zero-order valence-corrected chi connectivity index (χ0v) is 13.2. The molecule has 0 aromatic heterocycles. The van der Waals surface area contributed by atoms with Crippen LogP contribution in [0.1, 0.15) is 56.0 Å². The minimum atomic E-state index is 0.167. The highest BCUT2D eigenvalue weighted by molar-refractivity contribution is 7.99. The molecule has 0 fully saturated rings. The fourth-order valence-electron chi connectivity index (χ4n) is 1.74. The van der Waals surface area contributed by atoms with Gasteiger partial charge in [0.05, 0.1) is 17.9 Å². The Labute approximate surface area is 120 Å². The van der Waals surface area contributed by atoms with Crippen LogP contribution in [0.4, 0.5) is 0 Å². The van der Waals surface area contributed by atoms with Crippen LogP contribution >= 0.6 is 11.8 Å². The van der Waals surface area contributed by atoms with Crippen LogP contribution in [0, 0.1) is 0 Å². The monoisotopic (exact) mass is 280 g/mol. The van der Waals surface area contributed by atoms with E-state index < -0.39 is 0 Å². The van der Waals surface area contributed by atoms with E-state index in [9.17, 15) is 4.79 Å². The first-order chi connectivity index (χ1) is 9.10. The molecule has 19 heavy (non-hydrogen) atoms. The van der Waals surface area contributed by atoms with Gasteiger partial charge in [-0.25, -0.2) is 0 Å². The summed E-state index contributed by atoms with van der Waals surface area (Å²) in [6.07, 6.45) is 0.948. The molecule has 0 N–H and O–H groups in total. The average molecular weight is 280 g/mol. The van der Waals surface area contributed by atoms with Gasteiger partial charge in [0.15, 0.2) is 5.78 Å². The molecule has 0 saturated carbocycles. The van der Waals surface area contributed by atoms with Crippen molar-refractivity contribution in [1.82, 2.24) is 0 Å². The highest BCUT2D eigenvalue weighted by Crippen LogP contribution is 2.26. The standard InChI is InChI=1S/C16H24O2S/c1-5-9-18-16-8-7-13(12(3)4)10-14(16)15(17)11-19-6-2/h7-8,10,12H,5-6,9,11H2,1-4H3. The molecular weight excluding hydrogens is 256 g/mol. The minimum absolute atomic E-state index is 0.167. The topological polar surface area (TPSA) is 26.3 Å². The van der Waals surface area contributed by atoms with Crippen molar-refractivity contribution < 1.29 is 9.53 Å². The third-order valence-electron chi connectivity index (χ3n) is 2.87. The van der Waals surface area contributed by atoms with Crippen LogP contribution in [0.2, 0.25) is 0 Å². The fourth-order valence-corrected chi connectivity index (χ4v) is 2.28. The summed E-state index contributed by atoms with van der Waals surface area (Å²) in [5, 5.41) is 0. The van der Waals surface area contributed by atoms with Crippen molar-refractivity contribution in [3.05, 3.63) is 29.3 Å². The normalized spacial score (nSPS) is 10.8. The van der Waals surface area contributed by atoms with E-state index in [0.717, 1.165) is 23.5 Å². The predicted octanol–water partition coefficient (Wildman–Crippen LogP) is 4.53. The maximum absolute atomic E-state index is 12.3. The van der Waals surface area contributed by atoms with Gasteiger partial charge in [-0.3, -0.25) is 4.79 Å². The molecule has 0 saturated heterocycles. The highest BCUT2D eigenvalue weighted by atomic mass is 32.2. The van der Waals surface area contributed by atoms with Gasteiger partial charge in [-0.15, -0.1) is 0 Å². The van der Waals surface area contributed by atoms with E-state index in [1.807, 2.05) is 12.1 Å². The molecule has 0 atom stereocenters. The van der Waals surface area contributed by atoms with E-state index in [1.54, 1.807) is 11.8 Å². The number of benzene rings is 1. The highest BCUT2D eigenvalue weighted by Gasteiger charge is 2.14. The van der Waals surface area contributed by atoms with Crippen molar-refractivity contribution in [3.8, 4) is 5.75 Å². The van der Waals surface area contributed by atoms with Crippen molar-refractivity contribution in [3.63, 3.8) is 0 Å². The number of carbonyl (C=O) groups excluding carboxylic acids is 1. The molecule has 0 unspecified atom stereocenters. The fraction of sp³-hybridized carbons (Fsp3) is 0.562. The van der Waals surface area contributed by atoms with Gasteiger partial charge in [-0.2, -0.15) is 11.8 Å². The molecule has 106 valence electrons. The molecule has 2 nitrogen and oxygen atoms in total. The van der Waals surface area contributed by atoms with Crippen LogP contribution in [-0.4, -0.2) is 23.9 Å². The zero-order valence-electron chi connectivity index (χ0n) is 12.4. The lowest BCUT2D eigenvalue weighted by Gasteiger charge is -2.13. The van der Waals surface area contributed by atoms with Gasteiger partial charge >= 0.3 is 0 Å². The Balaban J connectivity index is 2.99. The Kier molecular flexibility index (Phi) is 7.00. The van der Waals surface area contributed by atoms with Gasteiger partial charge < -0.3 is 4.74 Å². The second kappa shape index (κ2) is 8.26. The Bertz CT molecular complexity index is 413. The second-order valence-corrected chi connectivity index (χ2v) is 6.09. The minimum Gasteiger partial charge on any atom is -0.493 e. The second-order valence-electron chi connectivity index (χ2n) is 4.82. The number of carbonyl (C=O) groups is 1. The number of Topliss-reactive ketones (excluding diaryl/α,β-unsaturated/α-hetero) is 1. The van der Waals surface area contributed by atoms with Crippen LogP contribution in [0.3, 0.4) is 0 Å². The van der Waals surface area contributed by atoms with Gasteiger partial charge in [0.25, 0.3) is 0 Å². The van der Waals surface area contributed by atoms with E-state index in [1.165, 1.54) is 5.56 Å². The van der Waals surface area contributed by atoms with Gasteiger partial charge in [0.1, 0.15) is 5.75 Å². The van der Waals surface area contributed by atoms with Crippen LogP contribution in [0.5, 0.6) is 5.75 Å². The van der Waals surface area contributed by atoms with E-state index in [0.29, 0.717) is 18.3 Å². The van der Waals surface area contributed by atoms with Gasteiger partial charge in [0.2, 0.25) is 0 Å². The van der Waals surface area contributed by atoms with E-state index >= 15 is 0 Å². The first-order valence-electron chi connectivity index (χ1n) is 6.97. The number of rotatable bonds is 8. The van der Waals surface area contributed by atoms with Crippen LogP contribution < -0.4 is 4.74 Å². The van der Waals surface area contributed by atoms with Gasteiger partial charge in [-0.05, 0) is 35.8 Å². The largest absolute Gasteiger partial charge is 0.493 e. The Hall–Kier alpha value is -0.960. The summed E-state index contributed by atoms with van der Waals surface area (Å²) in [5.41, 5.74) is 1.93. The van der Waals surface area contributed by atoms with Crippen molar-refractivity contribution in [2.45, 2.75) is 40.0 Å². The van der Waals surface area contributed by atoms with Crippen molar-refractivity contribution in [2.24, 2.45) is 0 Å².